The van der Waals surface area contributed by atoms with E-state index in [9.17, 15) is 31.9 Å². The van der Waals surface area contributed by atoms with E-state index in [0.29, 0.717) is 0 Å². The maximum atomic E-state index is 12.4. The van der Waals surface area contributed by atoms with E-state index in [1.165, 1.54) is 0 Å². The van der Waals surface area contributed by atoms with Gasteiger partial charge in [-0.3, -0.25) is 0 Å². The molecule has 0 radical (unpaired) electrons. The first-order chi connectivity index (χ1) is 6.03. The second-order valence-electron chi connectivity index (χ2n) is 2.67. The van der Waals surface area contributed by atoms with Crippen molar-refractivity contribution >= 4 is 5.97 Å². The summed E-state index contributed by atoms with van der Waals surface area (Å²) in [4.78, 5) is 9.95. The Bertz CT molecular complexity index is 253. The van der Waals surface area contributed by atoms with Crippen molar-refractivity contribution in [1.29, 1.82) is 0 Å². The number of alkyl halides is 5. The minimum absolute atomic E-state index is 0.268. The summed E-state index contributed by atoms with van der Waals surface area (Å²) in [7, 11) is 0. The lowest BCUT2D eigenvalue weighted by Gasteiger charge is -2.15. The van der Waals surface area contributed by atoms with Crippen molar-refractivity contribution in [1.82, 2.24) is 0 Å². The number of aliphatic carboxylic acids is 1. The van der Waals surface area contributed by atoms with Gasteiger partial charge < -0.3 is 9.90 Å². The first-order valence-electron chi connectivity index (χ1n) is 3.39. The van der Waals surface area contributed by atoms with Crippen LogP contribution < -0.4 is 5.11 Å². The predicted octanol–water partition coefficient (Wildman–Crippen LogP) is 1.27. The molecule has 7 heteroatoms. The van der Waals surface area contributed by atoms with E-state index >= 15 is 0 Å². The summed E-state index contributed by atoms with van der Waals surface area (Å²) >= 11 is 0. The van der Waals surface area contributed by atoms with Gasteiger partial charge in [-0.25, -0.2) is 8.78 Å². The summed E-state index contributed by atoms with van der Waals surface area (Å²) in [6.07, 6.45) is -7.70. The molecule has 0 spiro atoms. The molecule has 0 bridgehead atoms. The van der Waals surface area contributed by atoms with E-state index in [4.69, 9.17) is 0 Å². The van der Waals surface area contributed by atoms with Crippen LogP contribution in [0.2, 0.25) is 0 Å². The molecule has 0 atom stereocenters. The molecule has 0 rings (SSSR count). The second-order valence-corrected chi connectivity index (χ2v) is 2.67. The van der Waals surface area contributed by atoms with Crippen molar-refractivity contribution < 1.29 is 31.9 Å². The lowest BCUT2D eigenvalue weighted by molar-refractivity contribution is -0.299. The zero-order valence-corrected chi connectivity index (χ0v) is 6.99. The van der Waals surface area contributed by atoms with Gasteiger partial charge in [0.15, 0.2) is 0 Å². The number of carboxylic acid groups (broad SMARTS) is 1. The smallest absolute Gasteiger partial charge is 0.395 e. The molecule has 82 valence electrons. The van der Waals surface area contributed by atoms with Gasteiger partial charge in [0, 0.05) is 0 Å². The average molecular weight is 217 g/mol. The van der Waals surface area contributed by atoms with Crippen LogP contribution in [0.15, 0.2) is 11.6 Å². The molecule has 0 aromatic heterocycles. The monoisotopic (exact) mass is 217 g/mol. The largest absolute Gasteiger partial charge is 0.545 e. The Morgan fingerprint density at radius 1 is 1.29 bits per heavy atom. The highest BCUT2D eigenvalue weighted by atomic mass is 19.4. The molecule has 14 heavy (non-hydrogen) atoms. The summed E-state index contributed by atoms with van der Waals surface area (Å²) in [5.41, 5.74) is -0.931. The molecule has 0 aromatic carbocycles. The summed E-state index contributed by atoms with van der Waals surface area (Å²) in [5, 5.41) is 9.95. The minimum atomic E-state index is -5.05. The van der Waals surface area contributed by atoms with Gasteiger partial charge in [0.05, 0.1) is 5.97 Å². The van der Waals surface area contributed by atoms with Gasteiger partial charge >= 0.3 is 6.18 Å². The number of carboxylic acids is 1. The number of allylic oxidation sites excluding steroid dienone is 1. The van der Waals surface area contributed by atoms with Crippen LogP contribution in [0.3, 0.4) is 0 Å². The minimum Gasteiger partial charge on any atom is -0.545 e. The lowest BCUT2D eigenvalue weighted by atomic mass is 10.1. The van der Waals surface area contributed by atoms with E-state index in [-0.39, 0.29) is 6.08 Å². The molecule has 0 amide bonds. The third-order valence-electron chi connectivity index (χ3n) is 1.19. The summed E-state index contributed by atoms with van der Waals surface area (Å²) < 4.78 is 59.5. The molecule has 0 heterocycles. The zero-order valence-electron chi connectivity index (χ0n) is 6.99. The number of halogens is 5. The SMILES string of the molecule is CC(=CC(F)(F)CC(F)(F)F)C(=O)[O-]. The number of rotatable bonds is 3. The maximum Gasteiger partial charge on any atom is 0.395 e. The zero-order chi connectivity index (χ0) is 11.6. The van der Waals surface area contributed by atoms with Crippen molar-refractivity contribution in [2.24, 2.45) is 0 Å². The average Bonchev–Trinajstić information content (AvgIpc) is 1.78. The fraction of sp³-hybridized carbons (Fsp3) is 0.571. The Labute approximate surface area is 76.0 Å². The van der Waals surface area contributed by atoms with E-state index in [1.807, 2.05) is 0 Å². The maximum absolute atomic E-state index is 12.4. The lowest BCUT2D eigenvalue weighted by Crippen LogP contribution is -2.28. The Balaban J connectivity index is 4.64. The first kappa shape index (κ1) is 12.9. The molecule has 0 saturated heterocycles. The molecule has 0 aliphatic carbocycles. The van der Waals surface area contributed by atoms with Crippen LogP contribution in [0.5, 0.6) is 0 Å². The van der Waals surface area contributed by atoms with Crippen LogP contribution >= 0.6 is 0 Å². The number of carbonyl (C=O) groups is 1. The van der Waals surface area contributed by atoms with Crippen LogP contribution in [-0.4, -0.2) is 18.1 Å². The van der Waals surface area contributed by atoms with Gasteiger partial charge in [-0.15, -0.1) is 0 Å². The number of hydrogen-bond acceptors (Lipinski definition) is 2. The third kappa shape index (κ3) is 5.50. The van der Waals surface area contributed by atoms with Gasteiger partial charge in [0.25, 0.3) is 5.92 Å². The van der Waals surface area contributed by atoms with Crippen LogP contribution in [0.25, 0.3) is 0 Å². The summed E-state index contributed by atoms with van der Waals surface area (Å²) in [5.74, 6) is -6.14. The molecule has 0 aliphatic rings. The van der Waals surface area contributed by atoms with Crippen molar-refractivity contribution in [2.75, 3.05) is 0 Å². The summed E-state index contributed by atoms with van der Waals surface area (Å²) in [6, 6.07) is 0. The molecular formula is C7H6F5O2-. The van der Waals surface area contributed by atoms with Crippen LogP contribution in [0.1, 0.15) is 13.3 Å². The molecule has 0 saturated carbocycles. The van der Waals surface area contributed by atoms with E-state index in [0.717, 1.165) is 6.92 Å². The highest BCUT2D eigenvalue weighted by molar-refractivity contribution is 5.84. The van der Waals surface area contributed by atoms with E-state index in [2.05, 4.69) is 0 Å². The van der Waals surface area contributed by atoms with Crippen LogP contribution in [-0.2, 0) is 4.79 Å². The Hall–Kier alpha value is -1.14. The van der Waals surface area contributed by atoms with Gasteiger partial charge in [-0.1, -0.05) is 0 Å². The standard InChI is InChI=1S/C7H7F5O2/c1-4(5(13)14)2-6(8,9)3-7(10,11)12/h2H,3H2,1H3,(H,13,14)/p-1. The Morgan fingerprint density at radius 3 is 2.00 bits per heavy atom. The fourth-order valence-electron chi connectivity index (χ4n) is 0.694. The van der Waals surface area contributed by atoms with Gasteiger partial charge in [-0.2, -0.15) is 13.2 Å². The Kier molecular flexibility index (Phi) is 3.61. The molecule has 0 N–H and O–H groups in total. The van der Waals surface area contributed by atoms with Crippen molar-refractivity contribution in [3.63, 3.8) is 0 Å². The second kappa shape index (κ2) is 3.93. The summed E-state index contributed by atoms with van der Waals surface area (Å²) in [6.45, 7) is 0.736. The quantitative estimate of drug-likeness (QED) is 0.527. The molecule has 2 nitrogen and oxygen atoms in total. The highest BCUT2D eigenvalue weighted by Gasteiger charge is 2.42. The van der Waals surface area contributed by atoms with Crippen molar-refractivity contribution in [2.45, 2.75) is 25.4 Å². The normalized spacial score (nSPS) is 14.3. The molecule has 0 aromatic rings. The van der Waals surface area contributed by atoms with Crippen molar-refractivity contribution in [3.8, 4) is 0 Å². The first-order valence-corrected chi connectivity index (χ1v) is 3.39. The van der Waals surface area contributed by atoms with Crippen LogP contribution in [0, 0.1) is 0 Å². The molecular weight excluding hydrogens is 211 g/mol. The van der Waals surface area contributed by atoms with E-state index in [1.54, 1.807) is 0 Å². The number of carbonyl (C=O) groups excluding carboxylic acids is 1. The fourth-order valence-corrected chi connectivity index (χ4v) is 0.694. The molecule has 0 fully saturated rings. The third-order valence-corrected chi connectivity index (χ3v) is 1.19. The van der Waals surface area contributed by atoms with Gasteiger partial charge in [0.2, 0.25) is 0 Å². The van der Waals surface area contributed by atoms with E-state index < -0.39 is 30.1 Å². The topological polar surface area (TPSA) is 40.1 Å². The predicted molar refractivity (Wildman–Crippen MR) is 34.4 cm³/mol. The number of hydrogen-bond donors (Lipinski definition) is 0. The van der Waals surface area contributed by atoms with Crippen molar-refractivity contribution in [3.05, 3.63) is 11.6 Å². The van der Waals surface area contributed by atoms with Crippen LogP contribution in [0.4, 0.5) is 22.0 Å². The highest BCUT2D eigenvalue weighted by Crippen LogP contribution is 2.32. The Morgan fingerprint density at radius 2 is 1.71 bits per heavy atom. The van der Waals surface area contributed by atoms with Gasteiger partial charge in [0.1, 0.15) is 6.42 Å². The molecule has 0 aliphatic heterocycles. The molecule has 0 unspecified atom stereocenters. The van der Waals surface area contributed by atoms with Gasteiger partial charge in [-0.05, 0) is 18.6 Å².